The molecule has 0 saturated heterocycles. The Morgan fingerprint density at radius 1 is 1.10 bits per heavy atom. The van der Waals surface area contributed by atoms with Crippen molar-refractivity contribution in [1.82, 2.24) is 4.98 Å². The van der Waals surface area contributed by atoms with E-state index >= 15 is 0 Å². The molecule has 0 amide bonds. The summed E-state index contributed by atoms with van der Waals surface area (Å²) in [5.41, 5.74) is 0.936. The van der Waals surface area contributed by atoms with Crippen molar-refractivity contribution in [3.8, 4) is 11.5 Å². The predicted molar refractivity (Wildman–Crippen MR) is 78.6 cm³/mol. The molecule has 4 nitrogen and oxygen atoms in total. The Hall–Kier alpha value is -2.07. The van der Waals surface area contributed by atoms with E-state index in [1.165, 1.54) is 0 Å². The van der Waals surface area contributed by atoms with E-state index < -0.39 is 0 Å². The first-order valence-electron chi connectivity index (χ1n) is 6.36. The average molecular weight is 289 g/mol. The lowest BCUT2D eigenvalue weighted by Crippen LogP contribution is -1.97. The number of nitrogens with zero attached hydrogens (tertiary/aromatic N) is 2. The fourth-order valence-corrected chi connectivity index (χ4v) is 1.96. The maximum absolute atomic E-state index is 5.78. The highest BCUT2D eigenvalue weighted by atomic mass is 35.5. The molecule has 3 rings (SSSR count). The summed E-state index contributed by atoms with van der Waals surface area (Å²) >= 11 is 5.78. The third-order valence-electron chi connectivity index (χ3n) is 2.83. The van der Waals surface area contributed by atoms with E-state index in [9.17, 15) is 0 Å². The molecule has 2 aromatic rings. The molecule has 102 valence electrons. The van der Waals surface area contributed by atoms with Gasteiger partial charge in [-0.1, -0.05) is 11.6 Å². The Morgan fingerprint density at radius 2 is 1.95 bits per heavy atom. The summed E-state index contributed by atoms with van der Waals surface area (Å²) in [5, 5.41) is 0.597. The fraction of sp³-hybridized carbons (Fsp3) is 0.200. The number of aliphatic imine (C=N–C) groups is 1. The van der Waals surface area contributed by atoms with Gasteiger partial charge in [0.2, 0.25) is 0 Å². The van der Waals surface area contributed by atoms with Crippen LogP contribution in [0.4, 0.5) is 5.82 Å². The second kappa shape index (κ2) is 5.92. The number of rotatable bonds is 2. The maximum atomic E-state index is 5.78. The number of halogens is 1. The molecular weight excluding hydrogens is 276 g/mol. The van der Waals surface area contributed by atoms with Gasteiger partial charge in [-0.05, 0) is 35.9 Å². The average Bonchev–Trinajstić information content (AvgIpc) is 2.71. The van der Waals surface area contributed by atoms with Crippen LogP contribution in [-0.4, -0.2) is 24.4 Å². The molecule has 0 N–H and O–H groups in total. The van der Waals surface area contributed by atoms with Crippen LogP contribution >= 0.6 is 11.6 Å². The smallest absolute Gasteiger partial charge is 0.161 e. The molecule has 0 fully saturated rings. The molecule has 0 bridgehead atoms. The highest BCUT2D eigenvalue weighted by molar-refractivity contribution is 6.30. The van der Waals surface area contributed by atoms with Crippen LogP contribution in [0.1, 0.15) is 12.0 Å². The van der Waals surface area contributed by atoms with Gasteiger partial charge in [-0.15, -0.1) is 0 Å². The third-order valence-corrected chi connectivity index (χ3v) is 3.05. The quantitative estimate of drug-likeness (QED) is 0.792. The van der Waals surface area contributed by atoms with Gasteiger partial charge in [-0.25, -0.2) is 9.98 Å². The van der Waals surface area contributed by atoms with Gasteiger partial charge in [0.1, 0.15) is 0 Å². The van der Waals surface area contributed by atoms with Crippen molar-refractivity contribution < 1.29 is 9.47 Å². The molecule has 0 aliphatic carbocycles. The van der Waals surface area contributed by atoms with E-state index in [1.807, 2.05) is 18.2 Å². The van der Waals surface area contributed by atoms with E-state index in [0.29, 0.717) is 24.1 Å². The molecule has 5 heteroatoms. The first kappa shape index (κ1) is 12.9. The minimum Gasteiger partial charge on any atom is -0.490 e. The van der Waals surface area contributed by atoms with Gasteiger partial charge in [-0.3, -0.25) is 0 Å². The number of hydrogen-bond acceptors (Lipinski definition) is 4. The Labute approximate surface area is 122 Å². The molecule has 0 spiro atoms. The summed E-state index contributed by atoms with van der Waals surface area (Å²) in [5.74, 6) is 2.15. The lowest BCUT2D eigenvalue weighted by molar-refractivity contribution is 0.297. The van der Waals surface area contributed by atoms with Crippen LogP contribution < -0.4 is 9.47 Å². The van der Waals surface area contributed by atoms with Crippen molar-refractivity contribution in [1.29, 1.82) is 0 Å². The monoisotopic (exact) mass is 288 g/mol. The Bertz CT molecular complexity index is 626. The van der Waals surface area contributed by atoms with Gasteiger partial charge in [0.15, 0.2) is 17.3 Å². The molecular formula is C15H13ClN2O2. The van der Waals surface area contributed by atoms with E-state index in [1.54, 1.807) is 24.5 Å². The van der Waals surface area contributed by atoms with Crippen molar-refractivity contribution in [2.24, 2.45) is 4.99 Å². The van der Waals surface area contributed by atoms with Crippen LogP contribution in [0.2, 0.25) is 5.02 Å². The second-order valence-corrected chi connectivity index (χ2v) is 4.79. The normalized spacial score (nSPS) is 14.2. The summed E-state index contributed by atoms with van der Waals surface area (Å²) in [6.45, 7) is 1.36. The predicted octanol–water partition coefficient (Wildman–Crippen LogP) is 3.65. The lowest BCUT2D eigenvalue weighted by Gasteiger charge is -2.07. The Kier molecular flexibility index (Phi) is 3.83. The molecule has 2 heterocycles. The van der Waals surface area contributed by atoms with Gasteiger partial charge >= 0.3 is 0 Å². The van der Waals surface area contributed by atoms with Gasteiger partial charge in [0, 0.05) is 18.8 Å². The van der Waals surface area contributed by atoms with E-state index in [4.69, 9.17) is 21.1 Å². The van der Waals surface area contributed by atoms with Crippen molar-refractivity contribution in [2.75, 3.05) is 13.2 Å². The largest absolute Gasteiger partial charge is 0.490 e. The SMILES string of the molecule is Clc1ccc(N=Cc2ccc3c(c2)OCCCO3)nc1. The summed E-state index contributed by atoms with van der Waals surface area (Å²) in [6.07, 6.45) is 4.21. The summed E-state index contributed by atoms with van der Waals surface area (Å²) in [4.78, 5) is 8.41. The molecule has 0 atom stereocenters. The zero-order chi connectivity index (χ0) is 13.8. The number of aromatic nitrogens is 1. The van der Waals surface area contributed by atoms with Crippen molar-refractivity contribution in [2.45, 2.75) is 6.42 Å². The van der Waals surface area contributed by atoms with Crippen LogP contribution in [0.3, 0.4) is 0 Å². The molecule has 0 saturated carbocycles. The van der Waals surface area contributed by atoms with E-state index in [-0.39, 0.29) is 0 Å². The van der Waals surface area contributed by atoms with Gasteiger partial charge in [0.25, 0.3) is 0 Å². The fourth-order valence-electron chi connectivity index (χ4n) is 1.85. The van der Waals surface area contributed by atoms with Crippen molar-refractivity contribution in [3.63, 3.8) is 0 Å². The van der Waals surface area contributed by atoms with Gasteiger partial charge in [0.05, 0.1) is 18.2 Å². The molecule has 1 aromatic heterocycles. The zero-order valence-corrected chi connectivity index (χ0v) is 11.5. The highest BCUT2D eigenvalue weighted by Crippen LogP contribution is 2.30. The van der Waals surface area contributed by atoms with Crippen LogP contribution in [-0.2, 0) is 0 Å². The lowest BCUT2D eigenvalue weighted by atomic mass is 10.2. The van der Waals surface area contributed by atoms with Gasteiger partial charge in [-0.2, -0.15) is 0 Å². The maximum Gasteiger partial charge on any atom is 0.161 e. The Balaban J connectivity index is 1.80. The van der Waals surface area contributed by atoms with Crippen LogP contribution in [0.15, 0.2) is 41.5 Å². The first-order chi connectivity index (χ1) is 9.81. The first-order valence-corrected chi connectivity index (χ1v) is 6.74. The topological polar surface area (TPSA) is 43.7 Å². The summed E-state index contributed by atoms with van der Waals surface area (Å²) in [7, 11) is 0. The minimum atomic E-state index is 0.597. The second-order valence-electron chi connectivity index (χ2n) is 4.35. The van der Waals surface area contributed by atoms with E-state index in [2.05, 4.69) is 9.98 Å². The van der Waals surface area contributed by atoms with E-state index in [0.717, 1.165) is 23.5 Å². The van der Waals surface area contributed by atoms with Crippen molar-refractivity contribution >= 4 is 23.6 Å². The minimum absolute atomic E-state index is 0.597. The molecule has 1 aliphatic heterocycles. The number of pyridine rings is 1. The standard InChI is InChI=1S/C15H13ClN2O2/c16-12-3-5-15(18-10-12)17-9-11-2-4-13-14(8-11)20-7-1-6-19-13/h2-5,8-10H,1,6-7H2. The molecule has 20 heavy (non-hydrogen) atoms. The van der Waals surface area contributed by atoms with Crippen LogP contribution in [0.5, 0.6) is 11.5 Å². The zero-order valence-electron chi connectivity index (χ0n) is 10.8. The number of ether oxygens (including phenoxy) is 2. The van der Waals surface area contributed by atoms with Crippen LogP contribution in [0.25, 0.3) is 0 Å². The molecule has 0 unspecified atom stereocenters. The van der Waals surface area contributed by atoms with Gasteiger partial charge < -0.3 is 9.47 Å². The highest BCUT2D eigenvalue weighted by Gasteiger charge is 2.09. The van der Waals surface area contributed by atoms with Crippen LogP contribution in [0, 0.1) is 0 Å². The number of hydrogen-bond donors (Lipinski definition) is 0. The summed E-state index contributed by atoms with van der Waals surface area (Å²) in [6, 6.07) is 9.28. The van der Waals surface area contributed by atoms with Crippen molar-refractivity contribution in [3.05, 3.63) is 47.1 Å². The summed E-state index contributed by atoms with van der Waals surface area (Å²) < 4.78 is 11.2. The molecule has 1 aromatic carbocycles. The third kappa shape index (κ3) is 3.08. The number of fused-ring (bicyclic) bond motifs is 1. The molecule has 1 aliphatic rings. The Morgan fingerprint density at radius 3 is 2.75 bits per heavy atom. The molecule has 0 radical (unpaired) electrons. The number of benzene rings is 1.